The molecule has 0 aromatic carbocycles. The fourth-order valence-electron chi connectivity index (χ4n) is 3.25. The zero-order valence-electron chi connectivity index (χ0n) is 19.4. The van der Waals surface area contributed by atoms with Gasteiger partial charge in [-0.3, -0.25) is 9.59 Å². The van der Waals surface area contributed by atoms with Crippen LogP contribution in [0.5, 0.6) is 0 Å². The van der Waals surface area contributed by atoms with Crippen molar-refractivity contribution in [2.24, 2.45) is 0 Å². The van der Waals surface area contributed by atoms with E-state index in [9.17, 15) is 9.59 Å². The van der Waals surface area contributed by atoms with Crippen LogP contribution in [-0.4, -0.2) is 38.2 Å². The minimum absolute atomic E-state index is 0.0509. The maximum Gasteiger partial charge on any atom is 0.305 e. The third-order valence-corrected chi connectivity index (χ3v) is 5.28. The molecule has 0 heterocycles. The van der Waals surface area contributed by atoms with Crippen LogP contribution in [0.1, 0.15) is 117 Å². The van der Waals surface area contributed by atoms with Gasteiger partial charge in [-0.1, -0.05) is 90.9 Å². The molecular weight excluding hydrogens is 366 g/mol. The van der Waals surface area contributed by atoms with E-state index in [0.29, 0.717) is 19.4 Å². The number of hydrogen-bond donors (Lipinski definition) is 1. The summed E-state index contributed by atoms with van der Waals surface area (Å²) < 4.78 is 10.6. The molecule has 0 aromatic heterocycles. The Balaban J connectivity index is 3.64. The van der Waals surface area contributed by atoms with Gasteiger partial charge in [0.1, 0.15) is 12.7 Å². The number of amides is 1. The molecule has 0 rings (SSSR count). The Labute approximate surface area is 179 Å². The number of hydrogen-bond acceptors (Lipinski definition) is 4. The Hall–Kier alpha value is -1.10. The standard InChI is InChI=1S/C24H47NO4/c1-4-6-8-10-12-14-16-18-23(26)25-20-22(28-3)21-29-24(27)19-17-15-13-11-9-7-5-2/h22H,4-21H2,1-3H3,(H,25,26)/t22-/m0/s1. The van der Waals surface area contributed by atoms with Gasteiger partial charge < -0.3 is 14.8 Å². The predicted molar refractivity (Wildman–Crippen MR) is 120 cm³/mol. The van der Waals surface area contributed by atoms with Crippen LogP contribution in [0.3, 0.4) is 0 Å². The van der Waals surface area contributed by atoms with Crippen LogP contribution in [0.15, 0.2) is 0 Å². The number of carbonyl (C=O) groups is 2. The van der Waals surface area contributed by atoms with Crippen LogP contribution in [0.25, 0.3) is 0 Å². The third kappa shape index (κ3) is 20.0. The fraction of sp³-hybridized carbons (Fsp3) is 0.917. The number of methoxy groups -OCH3 is 1. The van der Waals surface area contributed by atoms with E-state index < -0.39 is 0 Å². The van der Waals surface area contributed by atoms with E-state index in [1.807, 2.05) is 0 Å². The van der Waals surface area contributed by atoms with Gasteiger partial charge in [-0.25, -0.2) is 0 Å². The molecule has 0 aliphatic heterocycles. The van der Waals surface area contributed by atoms with Gasteiger partial charge in [0, 0.05) is 26.5 Å². The summed E-state index contributed by atoms with van der Waals surface area (Å²) in [6, 6.07) is 0. The summed E-state index contributed by atoms with van der Waals surface area (Å²) in [5.41, 5.74) is 0. The largest absolute Gasteiger partial charge is 0.463 e. The second-order valence-corrected chi connectivity index (χ2v) is 8.09. The first kappa shape index (κ1) is 27.9. The summed E-state index contributed by atoms with van der Waals surface area (Å²) in [5.74, 6) is -0.120. The second kappa shape index (κ2) is 21.6. The van der Waals surface area contributed by atoms with Crippen LogP contribution in [0.2, 0.25) is 0 Å². The zero-order chi connectivity index (χ0) is 21.6. The van der Waals surface area contributed by atoms with Crippen molar-refractivity contribution in [2.75, 3.05) is 20.3 Å². The van der Waals surface area contributed by atoms with Gasteiger partial charge in [0.25, 0.3) is 0 Å². The van der Waals surface area contributed by atoms with Crippen molar-refractivity contribution in [1.29, 1.82) is 0 Å². The molecule has 0 aliphatic carbocycles. The smallest absolute Gasteiger partial charge is 0.305 e. The fourth-order valence-corrected chi connectivity index (χ4v) is 3.25. The minimum Gasteiger partial charge on any atom is -0.463 e. The minimum atomic E-state index is -0.286. The highest BCUT2D eigenvalue weighted by Gasteiger charge is 2.12. The number of unbranched alkanes of at least 4 members (excludes halogenated alkanes) is 12. The number of esters is 1. The monoisotopic (exact) mass is 413 g/mol. The molecule has 0 aliphatic rings. The van der Waals surface area contributed by atoms with E-state index in [0.717, 1.165) is 25.7 Å². The molecule has 1 N–H and O–H groups in total. The molecule has 1 amide bonds. The number of carbonyl (C=O) groups excluding carboxylic acids is 2. The Kier molecular flexibility index (Phi) is 20.8. The molecule has 5 heteroatoms. The number of nitrogens with one attached hydrogen (secondary N) is 1. The summed E-state index contributed by atoms with van der Waals surface area (Å²) in [7, 11) is 1.58. The number of rotatable bonds is 21. The summed E-state index contributed by atoms with van der Waals surface area (Å²) in [6.45, 7) is 5.01. The normalized spacial score (nSPS) is 12.0. The highest BCUT2D eigenvalue weighted by atomic mass is 16.6. The van der Waals surface area contributed by atoms with Crippen molar-refractivity contribution in [3.05, 3.63) is 0 Å². The molecule has 0 bridgehead atoms. The average molecular weight is 414 g/mol. The van der Waals surface area contributed by atoms with Crippen molar-refractivity contribution in [3.63, 3.8) is 0 Å². The van der Waals surface area contributed by atoms with E-state index in [-0.39, 0.29) is 24.6 Å². The first-order valence-corrected chi connectivity index (χ1v) is 12.1. The lowest BCUT2D eigenvalue weighted by Gasteiger charge is -2.16. The van der Waals surface area contributed by atoms with E-state index in [4.69, 9.17) is 9.47 Å². The van der Waals surface area contributed by atoms with Gasteiger partial charge >= 0.3 is 5.97 Å². The van der Waals surface area contributed by atoms with Crippen LogP contribution < -0.4 is 5.32 Å². The molecule has 5 nitrogen and oxygen atoms in total. The summed E-state index contributed by atoms with van der Waals surface area (Å²) >= 11 is 0. The number of ether oxygens (including phenoxy) is 2. The van der Waals surface area contributed by atoms with Crippen LogP contribution in [-0.2, 0) is 19.1 Å². The second-order valence-electron chi connectivity index (χ2n) is 8.09. The van der Waals surface area contributed by atoms with E-state index in [2.05, 4.69) is 19.2 Å². The van der Waals surface area contributed by atoms with Gasteiger partial charge in [-0.15, -0.1) is 0 Å². The SMILES string of the molecule is CCCCCCCCCC(=O)NC[C@@H](COC(=O)CCCCCCCCC)OC. The molecule has 1 atom stereocenters. The van der Waals surface area contributed by atoms with Crippen molar-refractivity contribution < 1.29 is 19.1 Å². The maximum absolute atomic E-state index is 11.9. The van der Waals surface area contributed by atoms with Crippen molar-refractivity contribution in [3.8, 4) is 0 Å². The molecule has 29 heavy (non-hydrogen) atoms. The first-order valence-electron chi connectivity index (χ1n) is 12.1. The van der Waals surface area contributed by atoms with Gasteiger partial charge in [0.2, 0.25) is 5.91 Å². The molecule has 0 spiro atoms. The Bertz CT molecular complexity index is 353. The van der Waals surface area contributed by atoms with Gasteiger partial charge in [-0.2, -0.15) is 0 Å². The molecule has 0 radical (unpaired) electrons. The highest BCUT2D eigenvalue weighted by molar-refractivity contribution is 5.75. The van der Waals surface area contributed by atoms with E-state index >= 15 is 0 Å². The van der Waals surface area contributed by atoms with Crippen LogP contribution in [0, 0.1) is 0 Å². The molecule has 0 aromatic rings. The lowest BCUT2D eigenvalue weighted by molar-refractivity contribution is -0.147. The lowest BCUT2D eigenvalue weighted by Crippen LogP contribution is -2.36. The van der Waals surface area contributed by atoms with Gasteiger partial charge in [-0.05, 0) is 12.8 Å². The third-order valence-electron chi connectivity index (χ3n) is 5.28. The van der Waals surface area contributed by atoms with Crippen molar-refractivity contribution in [1.82, 2.24) is 5.32 Å². The lowest BCUT2D eigenvalue weighted by atomic mass is 10.1. The summed E-state index contributed by atoms with van der Waals surface area (Å²) in [5, 5.41) is 2.89. The quantitative estimate of drug-likeness (QED) is 0.187. The van der Waals surface area contributed by atoms with Crippen LogP contribution in [0.4, 0.5) is 0 Å². The Morgan fingerprint density at radius 3 is 1.72 bits per heavy atom. The topological polar surface area (TPSA) is 64.6 Å². The summed E-state index contributed by atoms with van der Waals surface area (Å²) in [4.78, 5) is 23.8. The molecular formula is C24H47NO4. The highest BCUT2D eigenvalue weighted by Crippen LogP contribution is 2.10. The zero-order valence-corrected chi connectivity index (χ0v) is 19.4. The first-order chi connectivity index (χ1) is 14.1. The summed E-state index contributed by atoms with van der Waals surface area (Å²) in [6.07, 6.45) is 17.4. The molecule has 0 saturated heterocycles. The predicted octanol–water partition coefficient (Wildman–Crippen LogP) is 5.94. The average Bonchev–Trinajstić information content (AvgIpc) is 2.72. The van der Waals surface area contributed by atoms with Crippen LogP contribution >= 0.6 is 0 Å². The molecule has 0 saturated carbocycles. The maximum atomic E-state index is 11.9. The van der Waals surface area contributed by atoms with Gasteiger partial charge in [0.15, 0.2) is 0 Å². The Morgan fingerprint density at radius 2 is 1.21 bits per heavy atom. The van der Waals surface area contributed by atoms with E-state index in [1.54, 1.807) is 7.11 Å². The van der Waals surface area contributed by atoms with E-state index in [1.165, 1.54) is 64.2 Å². The van der Waals surface area contributed by atoms with Crippen molar-refractivity contribution in [2.45, 2.75) is 123 Å². The molecule has 172 valence electrons. The van der Waals surface area contributed by atoms with Crippen molar-refractivity contribution >= 4 is 11.9 Å². The molecule has 0 unspecified atom stereocenters. The molecule has 0 fully saturated rings. The van der Waals surface area contributed by atoms with Gasteiger partial charge in [0.05, 0.1) is 0 Å². The Morgan fingerprint density at radius 1 is 0.724 bits per heavy atom.